The van der Waals surface area contributed by atoms with Crippen molar-refractivity contribution in [3.63, 3.8) is 0 Å². The highest BCUT2D eigenvalue weighted by molar-refractivity contribution is 5.84. The van der Waals surface area contributed by atoms with E-state index in [9.17, 15) is 14.7 Å². The molecule has 0 radical (unpaired) electrons. The van der Waals surface area contributed by atoms with Gasteiger partial charge in [0.25, 0.3) is 0 Å². The van der Waals surface area contributed by atoms with Gasteiger partial charge in [0.05, 0.1) is 11.3 Å². The van der Waals surface area contributed by atoms with Crippen molar-refractivity contribution in [2.45, 2.75) is 32.1 Å². The van der Waals surface area contributed by atoms with Gasteiger partial charge in [0.2, 0.25) is 0 Å². The molecule has 0 amide bonds. The standard InChI is InChI=1S/C10H14O4/c11-8(12)7-4-3-6-2-1-5-10(6,7)9(13)14/h6-7H,1-5H2,(H,11,12)(H,13,14). The van der Waals surface area contributed by atoms with Crippen LogP contribution in [0.3, 0.4) is 0 Å². The Kier molecular flexibility index (Phi) is 2.01. The Morgan fingerprint density at radius 2 is 1.86 bits per heavy atom. The van der Waals surface area contributed by atoms with E-state index in [0.29, 0.717) is 12.8 Å². The molecule has 0 aromatic carbocycles. The van der Waals surface area contributed by atoms with E-state index >= 15 is 0 Å². The van der Waals surface area contributed by atoms with Crippen LogP contribution in [-0.4, -0.2) is 22.2 Å². The number of rotatable bonds is 2. The number of carbonyl (C=O) groups is 2. The van der Waals surface area contributed by atoms with Crippen molar-refractivity contribution in [2.75, 3.05) is 0 Å². The molecule has 0 aliphatic heterocycles. The Labute approximate surface area is 81.9 Å². The second kappa shape index (κ2) is 2.97. The van der Waals surface area contributed by atoms with Crippen molar-refractivity contribution in [1.29, 1.82) is 0 Å². The maximum atomic E-state index is 11.3. The Morgan fingerprint density at radius 3 is 2.43 bits per heavy atom. The second-order valence-electron chi connectivity index (χ2n) is 4.40. The summed E-state index contributed by atoms with van der Waals surface area (Å²) in [5, 5.41) is 18.2. The van der Waals surface area contributed by atoms with E-state index in [0.717, 1.165) is 19.3 Å². The quantitative estimate of drug-likeness (QED) is 0.702. The molecule has 4 nitrogen and oxygen atoms in total. The van der Waals surface area contributed by atoms with E-state index in [1.54, 1.807) is 0 Å². The maximum absolute atomic E-state index is 11.3. The molecule has 0 saturated heterocycles. The normalized spacial score (nSPS) is 40.9. The third-order valence-corrected chi connectivity index (χ3v) is 3.99. The van der Waals surface area contributed by atoms with Crippen LogP contribution in [-0.2, 0) is 9.59 Å². The summed E-state index contributed by atoms with van der Waals surface area (Å²) in [4.78, 5) is 22.2. The van der Waals surface area contributed by atoms with Crippen LogP contribution in [0.15, 0.2) is 0 Å². The molecule has 2 aliphatic carbocycles. The van der Waals surface area contributed by atoms with Crippen LogP contribution in [0.5, 0.6) is 0 Å². The fourth-order valence-electron chi connectivity index (χ4n) is 3.36. The van der Waals surface area contributed by atoms with Crippen LogP contribution in [0.2, 0.25) is 0 Å². The van der Waals surface area contributed by atoms with E-state index in [2.05, 4.69) is 0 Å². The number of carboxylic acid groups (broad SMARTS) is 2. The molecule has 3 atom stereocenters. The summed E-state index contributed by atoms with van der Waals surface area (Å²) in [5.74, 6) is -2.39. The summed E-state index contributed by atoms with van der Waals surface area (Å²) in [6.07, 6.45) is 3.59. The molecule has 78 valence electrons. The molecule has 0 aromatic heterocycles. The number of fused-ring (bicyclic) bond motifs is 1. The van der Waals surface area contributed by atoms with Crippen LogP contribution < -0.4 is 0 Å². The van der Waals surface area contributed by atoms with Gasteiger partial charge in [-0.3, -0.25) is 9.59 Å². The highest BCUT2D eigenvalue weighted by Gasteiger charge is 2.60. The zero-order valence-electron chi connectivity index (χ0n) is 7.90. The van der Waals surface area contributed by atoms with Gasteiger partial charge >= 0.3 is 11.9 Å². The fraction of sp³-hybridized carbons (Fsp3) is 0.800. The van der Waals surface area contributed by atoms with Crippen molar-refractivity contribution in [3.8, 4) is 0 Å². The van der Waals surface area contributed by atoms with E-state index in [1.165, 1.54) is 0 Å². The van der Waals surface area contributed by atoms with Crippen LogP contribution in [0.25, 0.3) is 0 Å². The average Bonchev–Trinajstić information content (AvgIpc) is 2.57. The van der Waals surface area contributed by atoms with E-state index in [-0.39, 0.29) is 5.92 Å². The van der Waals surface area contributed by atoms with Crippen molar-refractivity contribution < 1.29 is 19.8 Å². The van der Waals surface area contributed by atoms with Gasteiger partial charge in [0.1, 0.15) is 0 Å². The zero-order valence-corrected chi connectivity index (χ0v) is 7.90. The van der Waals surface area contributed by atoms with Gasteiger partial charge in [-0.1, -0.05) is 6.42 Å². The monoisotopic (exact) mass is 198 g/mol. The Balaban J connectivity index is 2.37. The lowest BCUT2D eigenvalue weighted by Gasteiger charge is -2.28. The fourth-order valence-corrected chi connectivity index (χ4v) is 3.36. The Bertz CT molecular complexity index is 286. The lowest BCUT2D eigenvalue weighted by Crippen LogP contribution is -2.40. The highest BCUT2D eigenvalue weighted by atomic mass is 16.4. The first-order chi connectivity index (χ1) is 6.59. The van der Waals surface area contributed by atoms with Crippen LogP contribution >= 0.6 is 0 Å². The molecule has 0 aromatic rings. The third kappa shape index (κ3) is 0.996. The number of aliphatic carboxylic acids is 2. The SMILES string of the molecule is O=C(O)C1CCC2CCCC21C(=O)O. The summed E-state index contributed by atoms with van der Waals surface area (Å²) in [6, 6.07) is 0. The van der Waals surface area contributed by atoms with Gasteiger partial charge in [-0.05, 0) is 31.6 Å². The number of carboxylic acids is 2. The molecule has 0 bridgehead atoms. The summed E-state index contributed by atoms with van der Waals surface area (Å²) >= 11 is 0. The molecule has 3 unspecified atom stereocenters. The molecule has 2 rings (SSSR count). The molecular weight excluding hydrogens is 184 g/mol. The maximum Gasteiger partial charge on any atom is 0.310 e. The first-order valence-corrected chi connectivity index (χ1v) is 5.05. The first kappa shape index (κ1) is 9.49. The minimum Gasteiger partial charge on any atom is -0.481 e. The lowest BCUT2D eigenvalue weighted by molar-refractivity contribution is -0.162. The lowest BCUT2D eigenvalue weighted by atomic mass is 9.74. The largest absolute Gasteiger partial charge is 0.481 e. The zero-order chi connectivity index (χ0) is 10.3. The summed E-state index contributed by atoms with van der Waals surface area (Å²) < 4.78 is 0. The van der Waals surface area contributed by atoms with Gasteiger partial charge in [0.15, 0.2) is 0 Å². The smallest absolute Gasteiger partial charge is 0.310 e. The van der Waals surface area contributed by atoms with E-state index in [1.807, 2.05) is 0 Å². The summed E-state index contributed by atoms with van der Waals surface area (Å²) in [7, 11) is 0. The summed E-state index contributed by atoms with van der Waals surface area (Å²) in [5.41, 5.74) is -0.939. The van der Waals surface area contributed by atoms with Gasteiger partial charge < -0.3 is 10.2 Å². The van der Waals surface area contributed by atoms with Crippen LogP contribution in [0, 0.1) is 17.3 Å². The van der Waals surface area contributed by atoms with Gasteiger partial charge in [-0.15, -0.1) is 0 Å². The van der Waals surface area contributed by atoms with E-state index in [4.69, 9.17) is 5.11 Å². The van der Waals surface area contributed by atoms with E-state index < -0.39 is 23.3 Å². The minimum absolute atomic E-state index is 0.0982. The van der Waals surface area contributed by atoms with Crippen molar-refractivity contribution in [2.24, 2.45) is 17.3 Å². The number of hydrogen-bond acceptors (Lipinski definition) is 2. The summed E-state index contributed by atoms with van der Waals surface area (Å²) in [6.45, 7) is 0. The predicted octanol–water partition coefficient (Wildman–Crippen LogP) is 1.35. The molecule has 2 saturated carbocycles. The van der Waals surface area contributed by atoms with Crippen molar-refractivity contribution in [3.05, 3.63) is 0 Å². The van der Waals surface area contributed by atoms with Crippen molar-refractivity contribution >= 4 is 11.9 Å². The Hall–Kier alpha value is -1.06. The van der Waals surface area contributed by atoms with Crippen LogP contribution in [0.1, 0.15) is 32.1 Å². The van der Waals surface area contributed by atoms with Crippen LogP contribution in [0.4, 0.5) is 0 Å². The molecule has 0 heterocycles. The topological polar surface area (TPSA) is 74.6 Å². The molecule has 2 aliphatic rings. The predicted molar refractivity (Wildman–Crippen MR) is 47.8 cm³/mol. The number of hydrogen-bond donors (Lipinski definition) is 2. The van der Waals surface area contributed by atoms with Gasteiger partial charge in [-0.25, -0.2) is 0 Å². The second-order valence-corrected chi connectivity index (χ2v) is 4.40. The van der Waals surface area contributed by atoms with Gasteiger partial charge in [0, 0.05) is 0 Å². The molecule has 2 fully saturated rings. The minimum atomic E-state index is -0.939. The molecule has 14 heavy (non-hydrogen) atoms. The molecular formula is C10H14O4. The van der Waals surface area contributed by atoms with Crippen molar-refractivity contribution in [1.82, 2.24) is 0 Å². The first-order valence-electron chi connectivity index (χ1n) is 5.05. The Morgan fingerprint density at radius 1 is 1.14 bits per heavy atom. The highest BCUT2D eigenvalue weighted by Crippen LogP contribution is 2.57. The third-order valence-electron chi connectivity index (χ3n) is 3.99. The molecule has 0 spiro atoms. The average molecular weight is 198 g/mol. The molecule has 4 heteroatoms. The van der Waals surface area contributed by atoms with Gasteiger partial charge in [-0.2, -0.15) is 0 Å². The molecule has 2 N–H and O–H groups in total.